The van der Waals surface area contributed by atoms with E-state index < -0.39 is 5.60 Å². The Morgan fingerprint density at radius 1 is 1.36 bits per heavy atom. The molecule has 1 fully saturated rings. The zero-order chi connectivity index (χ0) is 10.6. The second-order valence-electron chi connectivity index (χ2n) is 5.12. The van der Waals surface area contributed by atoms with E-state index in [0.717, 1.165) is 11.1 Å². The van der Waals surface area contributed by atoms with Crippen molar-refractivity contribution in [3.05, 3.63) is 23.3 Å². The van der Waals surface area contributed by atoms with Gasteiger partial charge in [0.15, 0.2) is 11.4 Å². The molecule has 1 spiro atoms. The maximum atomic E-state index is 12.1. The van der Waals surface area contributed by atoms with Crippen molar-refractivity contribution < 1.29 is 9.53 Å². The van der Waals surface area contributed by atoms with Crippen LogP contribution in [0.3, 0.4) is 0 Å². The van der Waals surface area contributed by atoms with Crippen LogP contribution >= 0.6 is 0 Å². The summed E-state index contributed by atoms with van der Waals surface area (Å²) in [5, 5.41) is 0. The summed E-state index contributed by atoms with van der Waals surface area (Å²) < 4.78 is 5.33. The first-order valence-corrected chi connectivity index (χ1v) is 4.96. The lowest BCUT2D eigenvalue weighted by atomic mass is 9.75. The van der Waals surface area contributed by atoms with Gasteiger partial charge < -0.3 is 4.74 Å². The lowest BCUT2D eigenvalue weighted by Crippen LogP contribution is -2.34. The maximum Gasteiger partial charge on any atom is 0.197 e. The van der Waals surface area contributed by atoms with Gasteiger partial charge in [0.25, 0.3) is 0 Å². The van der Waals surface area contributed by atoms with E-state index in [4.69, 9.17) is 4.74 Å². The molecule has 1 aliphatic heterocycles. The third-order valence-electron chi connectivity index (χ3n) is 2.99. The van der Waals surface area contributed by atoms with Crippen LogP contribution in [0.5, 0.6) is 0 Å². The Labute approximate surface area is 84.6 Å². The molecule has 0 N–H and O–H groups in total. The smallest absolute Gasteiger partial charge is 0.197 e. The molecule has 0 bridgehead atoms. The molecule has 0 aromatic rings. The number of epoxide rings is 1. The second-order valence-corrected chi connectivity index (χ2v) is 5.12. The highest BCUT2D eigenvalue weighted by molar-refractivity contribution is 6.08. The van der Waals surface area contributed by atoms with Crippen LogP contribution in [0.15, 0.2) is 23.3 Å². The first kappa shape index (κ1) is 9.66. The van der Waals surface area contributed by atoms with Gasteiger partial charge in [-0.1, -0.05) is 32.9 Å². The SMILES string of the molecule is CC1=CC=C(C(C)(C)C)C(=O)C12CO2. The quantitative estimate of drug-likeness (QED) is 0.551. The van der Waals surface area contributed by atoms with Crippen LogP contribution in [0.2, 0.25) is 0 Å². The van der Waals surface area contributed by atoms with Crippen molar-refractivity contribution in [1.29, 1.82) is 0 Å². The zero-order valence-corrected chi connectivity index (χ0v) is 9.18. The van der Waals surface area contributed by atoms with Gasteiger partial charge in [-0.25, -0.2) is 0 Å². The van der Waals surface area contributed by atoms with E-state index in [0.29, 0.717) is 6.61 Å². The van der Waals surface area contributed by atoms with Crippen LogP contribution in [-0.4, -0.2) is 18.0 Å². The van der Waals surface area contributed by atoms with Gasteiger partial charge in [0.2, 0.25) is 0 Å². The summed E-state index contributed by atoms with van der Waals surface area (Å²) in [5.74, 6) is 0.157. The van der Waals surface area contributed by atoms with Crippen LogP contribution in [0, 0.1) is 5.41 Å². The third kappa shape index (κ3) is 1.17. The molecule has 2 heteroatoms. The van der Waals surface area contributed by atoms with Crippen LogP contribution < -0.4 is 0 Å². The summed E-state index contributed by atoms with van der Waals surface area (Å²) in [6.45, 7) is 8.69. The number of hydrogen-bond donors (Lipinski definition) is 0. The highest BCUT2D eigenvalue weighted by atomic mass is 16.6. The molecule has 2 rings (SSSR count). The van der Waals surface area contributed by atoms with Crippen molar-refractivity contribution in [3.63, 3.8) is 0 Å². The molecule has 0 amide bonds. The van der Waals surface area contributed by atoms with Crippen molar-refractivity contribution in [1.82, 2.24) is 0 Å². The molecule has 1 unspecified atom stereocenters. The number of carbonyl (C=O) groups is 1. The van der Waals surface area contributed by atoms with Crippen molar-refractivity contribution in [3.8, 4) is 0 Å². The van der Waals surface area contributed by atoms with E-state index >= 15 is 0 Å². The summed E-state index contributed by atoms with van der Waals surface area (Å²) in [4.78, 5) is 12.1. The van der Waals surface area contributed by atoms with Crippen molar-refractivity contribution >= 4 is 5.78 Å². The number of carbonyl (C=O) groups excluding carboxylic acids is 1. The van der Waals surface area contributed by atoms with E-state index in [-0.39, 0.29) is 11.2 Å². The molecule has 1 saturated heterocycles. The fourth-order valence-corrected chi connectivity index (χ4v) is 1.84. The molecule has 2 nitrogen and oxygen atoms in total. The number of Topliss-reactive ketones (excluding diaryl/α,β-unsaturated/α-hetero) is 1. The lowest BCUT2D eigenvalue weighted by Gasteiger charge is -2.27. The average molecular weight is 192 g/mol. The Bertz CT molecular complexity index is 349. The first-order chi connectivity index (χ1) is 6.38. The van der Waals surface area contributed by atoms with Gasteiger partial charge in [-0.05, 0) is 17.9 Å². The topological polar surface area (TPSA) is 29.6 Å². The van der Waals surface area contributed by atoms with E-state index in [1.54, 1.807) is 0 Å². The predicted octanol–water partition coefficient (Wildman–Crippen LogP) is 2.26. The first-order valence-electron chi connectivity index (χ1n) is 4.96. The van der Waals surface area contributed by atoms with Gasteiger partial charge in [-0.2, -0.15) is 0 Å². The molecular weight excluding hydrogens is 176 g/mol. The molecular formula is C12H16O2. The molecule has 0 aromatic carbocycles. The van der Waals surface area contributed by atoms with Crippen LogP contribution in [0.4, 0.5) is 0 Å². The van der Waals surface area contributed by atoms with Crippen molar-refractivity contribution in [2.24, 2.45) is 5.41 Å². The highest BCUT2D eigenvalue weighted by Crippen LogP contribution is 2.44. The minimum atomic E-state index is -0.572. The Morgan fingerprint density at radius 3 is 2.36 bits per heavy atom. The number of hydrogen-bond acceptors (Lipinski definition) is 2. The molecule has 1 atom stereocenters. The Morgan fingerprint density at radius 2 is 1.93 bits per heavy atom. The van der Waals surface area contributed by atoms with E-state index in [2.05, 4.69) is 20.8 Å². The fourth-order valence-electron chi connectivity index (χ4n) is 1.84. The minimum Gasteiger partial charge on any atom is -0.356 e. The van der Waals surface area contributed by atoms with Crippen molar-refractivity contribution in [2.45, 2.75) is 33.3 Å². The van der Waals surface area contributed by atoms with Crippen LogP contribution in [0.1, 0.15) is 27.7 Å². The monoisotopic (exact) mass is 192 g/mol. The standard InChI is InChI=1S/C12H16O2/c1-8-5-6-9(11(2,3)4)10(13)12(8)7-14-12/h5-6H,7H2,1-4H3. The second kappa shape index (κ2) is 2.57. The summed E-state index contributed by atoms with van der Waals surface area (Å²) in [5.41, 5.74) is 1.25. The molecule has 0 radical (unpaired) electrons. The lowest BCUT2D eigenvalue weighted by molar-refractivity contribution is -0.120. The molecule has 0 aromatic heterocycles. The molecule has 76 valence electrons. The molecule has 1 heterocycles. The Balaban J connectivity index is 2.43. The summed E-state index contributed by atoms with van der Waals surface area (Å²) >= 11 is 0. The largest absolute Gasteiger partial charge is 0.356 e. The summed E-state index contributed by atoms with van der Waals surface area (Å²) in [6.07, 6.45) is 3.94. The van der Waals surface area contributed by atoms with Crippen molar-refractivity contribution in [2.75, 3.05) is 6.61 Å². The maximum absolute atomic E-state index is 12.1. The number of allylic oxidation sites excluding steroid dienone is 2. The molecule has 14 heavy (non-hydrogen) atoms. The normalized spacial score (nSPS) is 31.6. The van der Waals surface area contributed by atoms with Gasteiger partial charge in [-0.3, -0.25) is 4.79 Å². The van der Waals surface area contributed by atoms with Gasteiger partial charge >= 0.3 is 0 Å². The predicted molar refractivity (Wildman–Crippen MR) is 55.0 cm³/mol. The third-order valence-corrected chi connectivity index (χ3v) is 2.99. The van der Waals surface area contributed by atoms with Crippen LogP contribution in [-0.2, 0) is 9.53 Å². The zero-order valence-electron chi connectivity index (χ0n) is 9.18. The van der Waals surface area contributed by atoms with Crippen LogP contribution in [0.25, 0.3) is 0 Å². The Hall–Kier alpha value is -0.890. The minimum absolute atomic E-state index is 0.0900. The molecule has 1 aliphatic carbocycles. The molecule has 0 saturated carbocycles. The van der Waals surface area contributed by atoms with E-state index in [1.165, 1.54) is 0 Å². The molecule has 2 aliphatic rings. The summed E-state index contributed by atoms with van der Waals surface area (Å²) in [6, 6.07) is 0. The fraction of sp³-hybridized carbons (Fsp3) is 0.583. The number of ketones is 1. The van der Waals surface area contributed by atoms with E-state index in [1.807, 2.05) is 19.1 Å². The van der Waals surface area contributed by atoms with E-state index in [9.17, 15) is 4.79 Å². The number of rotatable bonds is 0. The number of ether oxygens (including phenoxy) is 1. The Kier molecular flexibility index (Phi) is 1.77. The van der Waals surface area contributed by atoms with Gasteiger partial charge in [0, 0.05) is 5.57 Å². The van der Waals surface area contributed by atoms with Gasteiger partial charge in [0.1, 0.15) is 0 Å². The van der Waals surface area contributed by atoms with Gasteiger partial charge in [0.05, 0.1) is 6.61 Å². The summed E-state index contributed by atoms with van der Waals surface area (Å²) in [7, 11) is 0. The average Bonchev–Trinajstić information content (AvgIpc) is 2.79. The van der Waals surface area contributed by atoms with Gasteiger partial charge in [-0.15, -0.1) is 0 Å². The highest BCUT2D eigenvalue weighted by Gasteiger charge is 2.56.